The molecule has 1 aliphatic rings. The second-order valence-electron chi connectivity index (χ2n) is 7.19. The molecule has 1 aromatic carbocycles. The van der Waals surface area contributed by atoms with E-state index in [-0.39, 0.29) is 30.9 Å². The highest BCUT2D eigenvalue weighted by atomic mass is 35.5. The number of hydrogen-bond acceptors (Lipinski definition) is 4. The molecule has 2 atom stereocenters. The summed E-state index contributed by atoms with van der Waals surface area (Å²) in [5, 5.41) is 9.55. The van der Waals surface area contributed by atoms with Crippen molar-refractivity contribution >= 4 is 29.1 Å². The summed E-state index contributed by atoms with van der Waals surface area (Å²) in [6.07, 6.45) is 3.02. The lowest BCUT2D eigenvalue weighted by Crippen LogP contribution is -3.11. The molecule has 154 valence electrons. The van der Waals surface area contributed by atoms with Crippen molar-refractivity contribution < 1.29 is 18.9 Å². The molecule has 1 unspecified atom stereocenters. The molecular weight excluding hydrogens is 392 g/mol. The van der Waals surface area contributed by atoms with Gasteiger partial charge < -0.3 is 14.6 Å². The number of likely N-dealkylation sites (N-methyl/N-ethyl adjacent to an activating group) is 1. The van der Waals surface area contributed by atoms with Crippen LogP contribution < -0.4 is 10.2 Å². The summed E-state index contributed by atoms with van der Waals surface area (Å²) in [4.78, 5) is 25.7. The van der Waals surface area contributed by atoms with Crippen molar-refractivity contribution in [3.8, 4) is 0 Å². The minimum absolute atomic E-state index is 0.0634. The molecule has 0 saturated heterocycles. The first-order valence-corrected chi connectivity index (χ1v) is 10.1. The molecule has 2 heterocycles. The maximum absolute atomic E-state index is 13.0. The van der Waals surface area contributed by atoms with Crippen LogP contribution in [0.15, 0.2) is 52.2 Å². The third-order valence-corrected chi connectivity index (χ3v) is 4.95. The molecular formula is C21H26ClN4O3+. The van der Waals surface area contributed by atoms with E-state index in [9.17, 15) is 9.59 Å². The smallest absolute Gasteiger partial charge is 0.298 e. The highest BCUT2D eigenvalue weighted by Crippen LogP contribution is 2.33. The molecule has 0 fully saturated rings. The fourth-order valence-electron chi connectivity index (χ4n) is 3.26. The lowest BCUT2D eigenvalue weighted by atomic mass is 10.0. The molecule has 0 radical (unpaired) electrons. The molecule has 0 bridgehead atoms. The van der Waals surface area contributed by atoms with Crippen LogP contribution in [-0.2, 0) is 9.59 Å². The van der Waals surface area contributed by atoms with E-state index in [1.54, 1.807) is 24.5 Å². The summed E-state index contributed by atoms with van der Waals surface area (Å²) < 4.78 is 5.56. The monoisotopic (exact) mass is 417 g/mol. The topological polar surface area (TPSA) is 79.4 Å². The second kappa shape index (κ2) is 9.71. The SMILES string of the molecule is CCCNC(=O)C[NH+](C)CC(=O)N1N=C(c2ccc(Cl)cc2)C[C@H]1c1ccco1. The molecule has 2 amide bonds. The Labute approximate surface area is 175 Å². The van der Waals surface area contributed by atoms with E-state index in [1.165, 1.54) is 5.01 Å². The van der Waals surface area contributed by atoms with Crippen molar-refractivity contribution in [3.63, 3.8) is 0 Å². The molecule has 7 nitrogen and oxygen atoms in total. The summed E-state index contributed by atoms with van der Waals surface area (Å²) in [5.41, 5.74) is 1.72. The number of rotatable bonds is 8. The van der Waals surface area contributed by atoms with Crippen LogP contribution in [0, 0.1) is 0 Å². The number of furan rings is 1. The van der Waals surface area contributed by atoms with Crippen LogP contribution in [0.5, 0.6) is 0 Å². The van der Waals surface area contributed by atoms with Crippen molar-refractivity contribution in [2.24, 2.45) is 5.10 Å². The average Bonchev–Trinajstić information content (AvgIpc) is 3.36. The van der Waals surface area contributed by atoms with Gasteiger partial charge >= 0.3 is 0 Å². The molecule has 3 rings (SSSR count). The van der Waals surface area contributed by atoms with Gasteiger partial charge in [0, 0.05) is 18.0 Å². The Morgan fingerprint density at radius 1 is 1.28 bits per heavy atom. The molecule has 2 N–H and O–H groups in total. The van der Waals surface area contributed by atoms with Gasteiger partial charge in [0.1, 0.15) is 11.8 Å². The zero-order valence-electron chi connectivity index (χ0n) is 16.7. The van der Waals surface area contributed by atoms with Crippen LogP contribution in [0.25, 0.3) is 0 Å². The maximum atomic E-state index is 13.0. The average molecular weight is 418 g/mol. The number of nitrogens with one attached hydrogen (secondary N) is 2. The van der Waals surface area contributed by atoms with Crippen LogP contribution in [0.3, 0.4) is 0 Å². The van der Waals surface area contributed by atoms with Crippen LogP contribution >= 0.6 is 11.6 Å². The Bertz CT molecular complexity index is 865. The number of hydrazone groups is 1. The Morgan fingerprint density at radius 2 is 2.03 bits per heavy atom. The fourth-order valence-corrected chi connectivity index (χ4v) is 3.39. The molecule has 8 heteroatoms. The number of amides is 2. The number of nitrogens with zero attached hydrogens (tertiary/aromatic N) is 2. The Morgan fingerprint density at radius 3 is 2.69 bits per heavy atom. The minimum atomic E-state index is -0.301. The van der Waals surface area contributed by atoms with Crippen molar-refractivity contribution in [1.82, 2.24) is 10.3 Å². The van der Waals surface area contributed by atoms with Crippen LogP contribution in [0.4, 0.5) is 0 Å². The molecule has 1 aromatic heterocycles. The van der Waals surface area contributed by atoms with Crippen molar-refractivity contribution in [2.45, 2.75) is 25.8 Å². The van der Waals surface area contributed by atoms with E-state index in [4.69, 9.17) is 16.0 Å². The van der Waals surface area contributed by atoms with E-state index in [0.29, 0.717) is 23.7 Å². The maximum Gasteiger partial charge on any atom is 0.298 e. The lowest BCUT2D eigenvalue weighted by Gasteiger charge is -2.21. The van der Waals surface area contributed by atoms with Gasteiger partial charge in [-0.2, -0.15) is 5.10 Å². The van der Waals surface area contributed by atoms with Gasteiger partial charge in [0.05, 0.1) is 19.0 Å². The lowest BCUT2D eigenvalue weighted by molar-refractivity contribution is -0.863. The quantitative estimate of drug-likeness (QED) is 0.685. The largest absolute Gasteiger partial charge is 0.467 e. The molecule has 0 aliphatic carbocycles. The van der Waals surface area contributed by atoms with Crippen LogP contribution in [0.2, 0.25) is 5.02 Å². The predicted molar refractivity (Wildman–Crippen MR) is 111 cm³/mol. The number of quaternary nitrogens is 1. The number of carbonyl (C=O) groups is 2. The van der Waals surface area contributed by atoms with E-state index in [0.717, 1.165) is 22.6 Å². The molecule has 0 spiro atoms. The first-order valence-electron chi connectivity index (χ1n) is 9.74. The van der Waals surface area contributed by atoms with E-state index < -0.39 is 0 Å². The van der Waals surface area contributed by atoms with Gasteiger partial charge in [-0.3, -0.25) is 9.59 Å². The third-order valence-electron chi connectivity index (χ3n) is 4.70. The zero-order valence-corrected chi connectivity index (χ0v) is 17.4. The summed E-state index contributed by atoms with van der Waals surface area (Å²) in [6, 6.07) is 10.7. The van der Waals surface area contributed by atoms with Crippen LogP contribution in [0.1, 0.15) is 37.1 Å². The summed E-state index contributed by atoms with van der Waals surface area (Å²) in [6.45, 7) is 3.03. The highest BCUT2D eigenvalue weighted by molar-refractivity contribution is 6.30. The first-order chi connectivity index (χ1) is 14.0. The second-order valence-corrected chi connectivity index (χ2v) is 7.62. The van der Waals surface area contributed by atoms with Gasteiger partial charge in [0.2, 0.25) is 0 Å². The standard InChI is InChI=1S/C21H25ClN4O3/c1-3-10-23-20(27)13-25(2)14-21(28)26-18(19-5-4-11-29-19)12-17(24-26)15-6-8-16(22)9-7-15/h4-9,11,18H,3,10,12-14H2,1-2H3,(H,23,27)/p+1/t18-/m0/s1. The molecule has 1 aliphatic heterocycles. The highest BCUT2D eigenvalue weighted by Gasteiger charge is 2.36. The van der Waals surface area contributed by atoms with E-state index >= 15 is 0 Å². The molecule has 29 heavy (non-hydrogen) atoms. The van der Waals surface area contributed by atoms with Crippen molar-refractivity contribution in [2.75, 3.05) is 26.7 Å². The van der Waals surface area contributed by atoms with Gasteiger partial charge in [-0.05, 0) is 36.2 Å². The van der Waals surface area contributed by atoms with Gasteiger partial charge in [-0.25, -0.2) is 5.01 Å². The molecule has 0 saturated carbocycles. The number of benzene rings is 1. The van der Waals surface area contributed by atoms with Gasteiger partial charge in [0.15, 0.2) is 13.1 Å². The summed E-state index contributed by atoms with van der Waals surface area (Å²) in [5.74, 6) is 0.465. The van der Waals surface area contributed by atoms with Gasteiger partial charge in [-0.1, -0.05) is 30.7 Å². The molecule has 2 aromatic rings. The first kappa shape index (κ1) is 21.1. The number of halogens is 1. The summed E-state index contributed by atoms with van der Waals surface area (Å²) in [7, 11) is 1.82. The van der Waals surface area contributed by atoms with Crippen molar-refractivity contribution in [3.05, 3.63) is 59.0 Å². The zero-order chi connectivity index (χ0) is 20.8. The van der Waals surface area contributed by atoms with Gasteiger partial charge in [-0.15, -0.1) is 0 Å². The van der Waals surface area contributed by atoms with E-state index in [2.05, 4.69) is 10.4 Å². The van der Waals surface area contributed by atoms with Gasteiger partial charge in [0.25, 0.3) is 11.8 Å². The Kier molecular flexibility index (Phi) is 7.06. The number of hydrogen-bond donors (Lipinski definition) is 2. The van der Waals surface area contributed by atoms with Crippen LogP contribution in [-0.4, -0.2) is 49.2 Å². The van der Waals surface area contributed by atoms with E-state index in [1.807, 2.05) is 32.2 Å². The number of carbonyl (C=O) groups excluding carboxylic acids is 2. The summed E-state index contributed by atoms with van der Waals surface area (Å²) >= 11 is 5.98. The normalized spacial score (nSPS) is 17.1. The Hall–Kier alpha value is -2.64. The minimum Gasteiger partial charge on any atom is -0.467 e. The predicted octanol–water partition coefficient (Wildman–Crippen LogP) is 1.65. The fraction of sp³-hybridized carbons (Fsp3) is 0.381. The Balaban J connectivity index is 1.73. The third kappa shape index (κ3) is 5.46. The van der Waals surface area contributed by atoms with Crippen molar-refractivity contribution in [1.29, 1.82) is 0 Å².